The van der Waals surface area contributed by atoms with Crippen molar-refractivity contribution in [3.8, 4) is 0 Å². The van der Waals surface area contributed by atoms with Crippen LogP contribution in [0.25, 0.3) is 0 Å². The number of aliphatic hydroxyl groups excluding tert-OH is 1. The number of aliphatic hydroxyl groups is 1. The molecular formula is C15H13ClINO. The zero-order valence-electron chi connectivity index (χ0n) is 10.2. The average molecular weight is 386 g/mol. The Morgan fingerprint density at radius 2 is 2.21 bits per heavy atom. The summed E-state index contributed by atoms with van der Waals surface area (Å²) in [6, 6.07) is 9.79. The van der Waals surface area contributed by atoms with Crippen LogP contribution in [0.5, 0.6) is 0 Å². The van der Waals surface area contributed by atoms with Crippen LogP contribution in [0.4, 0.5) is 0 Å². The number of rotatable bonds is 2. The molecule has 0 spiro atoms. The van der Waals surface area contributed by atoms with Crippen LogP contribution in [0.2, 0.25) is 5.02 Å². The Hall–Kier alpha value is -0.650. The molecule has 0 aliphatic heterocycles. The molecule has 0 radical (unpaired) electrons. The highest BCUT2D eigenvalue weighted by Crippen LogP contribution is 2.40. The van der Waals surface area contributed by atoms with Gasteiger partial charge in [-0.1, -0.05) is 23.7 Å². The molecule has 2 atom stereocenters. The second kappa shape index (κ2) is 5.38. The van der Waals surface area contributed by atoms with Gasteiger partial charge in [0.05, 0.1) is 11.1 Å². The predicted octanol–water partition coefficient (Wildman–Crippen LogP) is 4.10. The van der Waals surface area contributed by atoms with Gasteiger partial charge in [0, 0.05) is 21.4 Å². The topological polar surface area (TPSA) is 33.1 Å². The zero-order chi connectivity index (χ0) is 13.4. The first-order valence-corrected chi connectivity index (χ1v) is 7.69. The van der Waals surface area contributed by atoms with Crippen molar-refractivity contribution < 1.29 is 5.11 Å². The number of hydrogen-bond acceptors (Lipinski definition) is 2. The first kappa shape index (κ1) is 13.3. The molecule has 1 heterocycles. The molecule has 2 unspecified atom stereocenters. The largest absolute Gasteiger partial charge is 0.388 e. The number of hydrogen-bond donors (Lipinski definition) is 1. The number of nitrogens with zero attached hydrogens (tertiary/aromatic N) is 1. The average Bonchev–Trinajstić information content (AvgIpc) is 2.85. The van der Waals surface area contributed by atoms with Gasteiger partial charge in [-0.25, -0.2) is 0 Å². The quantitative estimate of drug-likeness (QED) is 0.790. The minimum Gasteiger partial charge on any atom is -0.388 e. The van der Waals surface area contributed by atoms with Gasteiger partial charge in [0.1, 0.15) is 0 Å². The number of benzene rings is 1. The minimum atomic E-state index is -0.536. The van der Waals surface area contributed by atoms with Crippen LogP contribution in [0.1, 0.15) is 35.3 Å². The minimum absolute atomic E-state index is 0.0762. The summed E-state index contributed by atoms with van der Waals surface area (Å²) >= 11 is 8.32. The molecule has 3 rings (SSSR count). The lowest BCUT2D eigenvalue weighted by atomic mass is 9.93. The highest BCUT2D eigenvalue weighted by atomic mass is 127. The number of pyridine rings is 1. The van der Waals surface area contributed by atoms with Gasteiger partial charge in [0.2, 0.25) is 0 Å². The van der Waals surface area contributed by atoms with E-state index in [9.17, 15) is 5.11 Å². The van der Waals surface area contributed by atoms with Gasteiger partial charge in [-0.2, -0.15) is 0 Å². The summed E-state index contributed by atoms with van der Waals surface area (Å²) in [4.78, 5) is 4.43. The molecule has 0 fully saturated rings. The van der Waals surface area contributed by atoms with Crippen molar-refractivity contribution in [3.63, 3.8) is 0 Å². The van der Waals surface area contributed by atoms with Crippen LogP contribution >= 0.6 is 34.2 Å². The second-order valence-corrected chi connectivity index (χ2v) is 6.38. The van der Waals surface area contributed by atoms with Crippen molar-refractivity contribution >= 4 is 34.2 Å². The van der Waals surface area contributed by atoms with E-state index in [1.54, 1.807) is 6.20 Å². The molecule has 19 heavy (non-hydrogen) atoms. The molecule has 0 amide bonds. The summed E-state index contributed by atoms with van der Waals surface area (Å²) in [7, 11) is 0. The van der Waals surface area contributed by atoms with Crippen molar-refractivity contribution in [2.24, 2.45) is 0 Å². The molecule has 0 saturated carbocycles. The van der Waals surface area contributed by atoms with Crippen LogP contribution in [-0.4, -0.2) is 10.1 Å². The first-order valence-electron chi connectivity index (χ1n) is 6.23. The normalized spacial score (nSPS) is 19.2. The summed E-state index contributed by atoms with van der Waals surface area (Å²) in [6.07, 6.45) is 3.19. The maximum absolute atomic E-state index is 10.6. The van der Waals surface area contributed by atoms with Crippen molar-refractivity contribution in [1.29, 1.82) is 0 Å². The Bertz CT molecular complexity index is 617. The standard InChI is InChI=1S/C15H13ClINO/c16-12-8-10(4-6-13(12)17)15(19)11-5-3-9-2-1-7-18-14(9)11/h1-2,4,6-8,11,15,19H,3,5H2. The van der Waals surface area contributed by atoms with E-state index >= 15 is 0 Å². The Kier molecular flexibility index (Phi) is 3.78. The highest BCUT2D eigenvalue weighted by Gasteiger charge is 2.30. The molecule has 1 aromatic carbocycles. The third kappa shape index (κ3) is 2.51. The lowest BCUT2D eigenvalue weighted by Crippen LogP contribution is -2.09. The maximum atomic E-state index is 10.6. The van der Waals surface area contributed by atoms with E-state index in [4.69, 9.17) is 11.6 Å². The Morgan fingerprint density at radius 1 is 1.37 bits per heavy atom. The van der Waals surface area contributed by atoms with Gasteiger partial charge >= 0.3 is 0 Å². The van der Waals surface area contributed by atoms with Crippen LogP contribution < -0.4 is 0 Å². The predicted molar refractivity (Wildman–Crippen MR) is 84.4 cm³/mol. The van der Waals surface area contributed by atoms with Crippen molar-refractivity contribution in [1.82, 2.24) is 4.98 Å². The Morgan fingerprint density at radius 3 is 3.00 bits per heavy atom. The van der Waals surface area contributed by atoms with E-state index in [1.807, 2.05) is 24.3 Å². The van der Waals surface area contributed by atoms with E-state index in [-0.39, 0.29) is 5.92 Å². The summed E-state index contributed by atoms with van der Waals surface area (Å²) in [6.45, 7) is 0. The third-order valence-corrected chi connectivity index (χ3v) is 5.24. The molecule has 4 heteroatoms. The van der Waals surface area contributed by atoms with Crippen LogP contribution in [0, 0.1) is 3.57 Å². The molecular weight excluding hydrogens is 373 g/mol. The van der Waals surface area contributed by atoms with Crippen molar-refractivity contribution in [2.75, 3.05) is 0 Å². The summed E-state index contributed by atoms with van der Waals surface area (Å²) in [5, 5.41) is 11.3. The van der Waals surface area contributed by atoms with E-state index in [0.717, 1.165) is 27.7 Å². The molecule has 1 aliphatic carbocycles. The lowest BCUT2D eigenvalue weighted by molar-refractivity contribution is 0.143. The van der Waals surface area contributed by atoms with Crippen LogP contribution in [0.3, 0.4) is 0 Å². The smallest absolute Gasteiger partial charge is 0.0874 e. The molecule has 0 saturated heterocycles. The van der Waals surface area contributed by atoms with Crippen molar-refractivity contribution in [2.45, 2.75) is 24.9 Å². The monoisotopic (exact) mass is 385 g/mol. The van der Waals surface area contributed by atoms with Crippen LogP contribution in [0.15, 0.2) is 36.5 Å². The summed E-state index contributed by atoms with van der Waals surface area (Å²) in [5.41, 5.74) is 3.15. The van der Waals surface area contributed by atoms with E-state index in [1.165, 1.54) is 5.56 Å². The highest BCUT2D eigenvalue weighted by molar-refractivity contribution is 14.1. The molecule has 1 N–H and O–H groups in total. The summed E-state index contributed by atoms with van der Waals surface area (Å²) in [5.74, 6) is 0.0762. The molecule has 1 aliphatic rings. The van der Waals surface area contributed by atoms with Crippen molar-refractivity contribution in [3.05, 3.63) is 61.9 Å². The fourth-order valence-corrected chi connectivity index (χ4v) is 3.20. The SMILES string of the molecule is OC(c1ccc(I)c(Cl)c1)C1CCc2cccnc21. The first-order chi connectivity index (χ1) is 9.16. The van der Waals surface area contributed by atoms with Gasteiger partial charge in [-0.15, -0.1) is 0 Å². The van der Waals surface area contributed by atoms with Gasteiger partial charge < -0.3 is 5.11 Å². The number of aromatic nitrogens is 1. The Balaban J connectivity index is 1.93. The van der Waals surface area contributed by atoms with E-state index in [0.29, 0.717) is 5.02 Å². The molecule has 2 aromatic rings. The number of aryl methyl sites for hydroxylation is 1. The second-order valence-electron chi connectivity index (χ2n) is 4.81. The van der Waals surface area contributed by atoms with Gasteiger partial charge in [0.15, 0.2) is 0 Å². The maximum Gasteiger partial charge on any atom is 0.0874 e. The third-order valence-electron chi connectivity index (χ3n) is 3.67. The summed E-state index contributed by atoms with van der Waals surface area (Å²) < 4.78 is 1.00. The fraction of sp³-hybridized carbons (Fsp3) is 0.267. The zero-order valence-corrected chi connectivity index (χ0v) is 13.1. The van der Waals surface area contributed by atoms with Gasteiger partial charge in [-0.05, 0) is 64.8 Å². The molecule has 1 aromatic heterocycles. The molecule has 98 valence electrons. The van der Waals surface area contributed by atoms with E-state index in [2.05, 4.69) is 33.6 Å². The molecule has 0 bridgehead atoms. The molecule has 2 nitrogen and oxygen atoms in total. The lowest BCUT2D eigenvalue weighted by Gasteiger charge is -2.19. The Labute approximate surface area is 131 Å². The van der Waals surface area contributed by atoms with E-state index < -0.39 is 6.10 Å². The fourth-order valence-electron chi connectivity index (χ4n) is 2.68. The van der Waals surface area contributed by atoms with Crippen LogP contribution in [-0.2, 0) is 6.42 Å². The van der Waals surface area contributed by atoms with Gasteiger partial charge in [-0.3, -0.25) is 4.98 Å². The number of halogens is 2. The number of fused-ring (bicyclic) bond motifs is 1. The van der Waals surface area contributed by atoms with Gasteiger partial charge in [0.25, 0.3) is 0 Å².